The maximum absolute atomic E-state index is 13.8. The molecule has 1 heterocycles. The van der Waals surface area contributed by atoms with Crippen LogP contribution in [0.2, 0.25) is 0 Å². The van der Waals surface area contributed by atoms with Gasteiger partial charge in [0.2, 0.25) is 0 Å². The van der Waals surface area contributed by atoms with Crippen molar-refractivity contribution in [3.05, 3.63) is 53.5 Å². The van der Waals surface area contributed by atoms with Gasteiger partial charge in [0.1, 0.15) is 11.6 Å². The van der Waals surface area contributed by atoms with E-state index in [1.165, 1.54) is 18.3 Å². The lowest BCUT2D eigenvalue weighted by Crippen LogP contribution is -2.18. The van der Waals surface area contributed by atoms with Gasteiger partial charge in [0, 0.05) is 0 Å². The fraction of sp³-hybridized carbons (Fsp3) is 0.0769. The predicted molar refractivity (Wildman–Crippen MR) is 68.0 cm³/mol. The van der Waals surface area contributed by atoms with Crippen molar-refractivity contribution < 1.29 is 22.4 Å². The Morgan fingerprint density at radius 1 is 1.19 bits per heavy atom. The third-order valence-corrected chi connectivity index (χ3v) is 2.58. The number of carbonyl (C=O) groups is 1. The SMILES string of the molecule is Nc1ccc(NC(=O)c2cccc(C(F)(F)F)c2F)nc1. The van der Waals surface area contributed by atoms with Crippen molar-refractivity contribution in [3.63, 3.8) is 0 Å². The summed E-state index contributed by atoms with van der Waals surface area (Å²) in [5.41, 5.74) is 3.53. The second kappa shape index (κ2) is 5.39. The number of nitrogens with two attached hydrogens (primary N) is 1. The first-order valence-electron chi connectivity index (χ1n) is 5.67. The number of aromatic nitrogens is 1. The molecule has 8 heteroatoms. The summed E-state index contributed by atoms with van der Waals surface area (Å²) in [6.07, 6.45) is -3.63. The number of nitrogen functional groups attached to an aromatic ring is 1. The molecule has 0 aliphatic carbocycles. The molecular formula is C13H9F4N3O. The van der Waals surface area contributed by atoms with Gasteiger partial charge in [0.25, 0.3) is 5.91 Å². The van der Waals surface area contributed by atoms with Gasteiger partial charge in [-0.3, -0.25) is 4.79 Å². The number of nitrogens with one attached hydrogen (secondary N) is 1. The number of rotatable bonds is 2. The molecule has 0 saturated heterocycles. The first-order chi connectivity index (χ1) is 9.79. The van der Waals surface area contributed by atoms with E-state index in [0.717, 1.165) is 12.1 Å². The summed E-state index contributed by atoms with van der Waals surface area (Å²) in [6, 6.07) is 5.26. The number of hydrogen-bond donors (Lipinski definition) is 2. The monoisotopic (exact) mass is 299 g/mol. The van der Waals surface area contributed by atoms with E-state index < -0.39 is 29.0 Å². The van der Waals surface area contributed by atoms with Crippen LogP contribution in [0, 0.1) is 5.82 Å². The smallest absolute Gasteiger partial charge is 0.397 e. The van der Waals surface area contributed by atoms with Crippen molar-refractivity contribution in [2.45, 2.75) is 6.18 Å². The van der Waals surface area contributed by atoms with Gasteiger partial charge in [-0.05, 0) is 24.3 Å². The molecule has 3 N–H and O–H groups in total. The van der Waals surface area contributed by atoms with Crippen LogP contribution in [0.15, 0.2) is 36.5 Å². The highest BCUT2D eigenvalue weighted by molar-refractivity contribution is 6.04. The maximum Gasteiger partial charge on any atom is 0.419 e. The molecule has 21 heavy (non-hydrogen) atoms. The van der Waals surface area contributed by atoms with Gasteiger partial charge in [-0.15, -0.1) is 0 Å². The lowest BCUT2D eigenvalue weighted by Gasteiger charge is -2.11. The van der Waals surface area contributed by atoms with E-state index in [-0.39, 0.29) is 5.82 Å². The Morgan fingerprint density at radius 2 is 1.90 bits per heavy atom. The van der Waals surface area contributed by atoms with Crippen LogP contribution in [0.1, 0.15) is 15.9 Å². The fourth-order valence-corrected chi connectivity index (χ4v) is 1.59. The van der Waals surface area contributed by atoms with E-state index in [4.69, 9.17) is 5.73 Å². The molecule has 2 rings (SSSR count). The highest BCUT2D eigenvalue weighted by atomic mass is 19.4. The minimum Gasteiger partial charge on any atom is -0.397 e. The van der Waals surface area contributed by atoms with Crippen LogP contribution in [0.25, 0.3) is 0 Å². The van der Waals surface area contributed by atoms with Gasteiger partial charge in [0.15, 0.2) is 0 Å². The minimum absolute atomic E-state index is 0.0472. The lowest BCUT2D eigenvalue weighted by atomic mass is 10.1. The predicted octanol–water partition coefficient (Wildman–Crippen LogP) is 3.07. The van der Waals surface area contributed by atoms with Gasteiger partial charge in [-0.25, -0.2) is 9.37 Å². The molecule has 0 spiro atoms. The van der Waals surface area contributed by atoms with Crippen LogP contribution >= 0.6 is 0 Å². The third kappa shape index (κ3) is 3.28. The average Bonchev–Trinajstić information content (AvgIpc) is 2.40. The minimum atomic E-state index is -4.88. The van der Waals surface area contributed by atoms with E-state index in [2.05, 4.69) is 10.3 Å². The number of halogens is 4. The number of alkyl halides is 3. The van der Waals surface area contributed by atoms with Crippen molar-refractivity contribution in [1.82, 2.24) is 4.98 Å². The molecule has 0 radical (unpaired) electrons. The highest BCUT2D eigenvalue weighted by Gasteiger charge is 2.35. The van der Waals surface area contributed by atoms with Crippen molar-refractivity contribution in [1.29, 1.82) is 0 Å². The number of benzene rings is 1. The molecule has 0 fully saturated rings. The van der Waals surface area contributed by atoms with Gasteiger partial charge in [0.05, 0.1) is 23.0 Å². The van der Waals surface area contributed by atoms with E-state index in [9.17, 15) is 22.4 Å². The molecule has 0 aliphatic heterocycles. The zero-order valence-corrected chi connectivity index (χ0v) is 10.4. The molecule has 1 aromatic heterocycles. The van der Waals surface area contributed by atoms with Crippen molar-refractivity contribution >= 4 is 17.4 Å². The number of hydrogen-bond acceptors (Lipinski definition) is 3. The average molecular weight is 299 g/mol. The quantitative estimate of drug-likeness (QED) is 0.837. The number of anilines is 2. The zero-order valence-electron chi connectivity index (χ0n) is 10.4. The molecule has 1 amide bonds. The summed E-state index contributed by atoms with van der Waals surface area (Å²) >= 11 is 0. The van der Waals surface area contributed by atoms with Crippen LogP contribution in [-0.4, -0.2) is 10.9 Å². The number of pyridine rings is 1. The van der Waals surface area contributed by atoms with Crippen LogP contribution in [0.5, 0.6) is 0 Å². The standard InChI is InChI=1S/C13H9F4N3O/c14-11-8(2-1-3-9(11)13(15,16)17)12(21)20-10-5-4-7(18)6-19-10/h1-6H,18H2,(H,19,20,21). The maximum atomic E-state index is 13.8. The number of amides is 1. The van der Waals surface area contributed by atoms with Gasteiger partial charge in [-0.2, -0.15) is 13.2 Å². The van der Waals surface area contributed by atoms with Crippen LogP contribution in [0.3, 0.4) is 0 Å². The second-order valence-electron chi connectivity index (χ2n) is 4.10. The summed E-state index contributed by atoms with van der Waals surface area (Å²) in [7, 11) is 0. The van der Waals surface area contributed by atoms with Gasteiger partial charge >= 0.3 is 6.18 Å². The Kier molecular flexibility index (Phi) is 3.79. The van der Waals surface area contributed by atoms with E-state index in [1.807, 2.05) is 0 Å². The first-order valence-corrected chi connectivity index (χ1v) is 5.67. The van der Waals surface area contributed by atoms with Gasteiger partial charge in [-0.1, -0.05) is 6.07 Å². The lowest BCUT2D eigenvalue weighted by molar-refractivity contribution is -0.140. The summed E-state index contributed by atoms with van der Waals surface area (Å²) in [5, 5.41) is 2.19. The molecule has 0 atom stereocenters. The molecule has 0 aliphatic rings. The number of nitrogens with zero attached hydrogens (tertiary/aromatic N) is 1. The number of carbonyl (C=O) groups excluding carboxylic acids is 1. The summed E-state index contributed by atoms with van der Waals surface area (Å²) < 4.78 is 51.5. The van der Waals surface area contributed by atoms with Crippen LogP contribution in [0.4, 0.5) is 29.1 Å². The Bertz CT molecular complexity index is 668. The summed E-state index contributed by atoms with van der Waals surface area (Å²) in [5.74, 6) is -2.61. The zero-order chi connectivity index (χ0) is 15.6. The van der Waals surface area contributed by atoms with Crippen LogP contribution in [-0.2, 0) is 6.18 Å². The molecule has 0 saturated carbocycles. The fourth-order valence-electron chi connectivity index (χ4n) is 1.59. The molecule has 1 aromatic carbocycles. The molecule has 4 nitrogen and oxygen atoms in total. The molecular weight excluding hydrogens is 290 g/mol. The Balaban J connectivity index is 2.30. The van der Waals surface area contributed by atoms with Crippen molar-refractivity contribution in [3.8, 4) is 0 Å². The highest BCUT2D eigenvalue weighted by Crippen LogP contribution is 2.32. The largest absolute Gasteiger partial charge is 0.419 e. The molecule has 0 bridgehead atoms. The Labute approximate surface area is 116 Å². The topological polar surface area (TPSA) is 68.0 Å². The summed E-state index contributed by atoms with van der Waals surface area (Å²) in [4.78, 5) is 15.6. The Morgan fingerprint density at radius 3 is 2.48 bits per heavy atom. The normalized spacial score (nSPS) is 11.2. The van der Waals surface area contributed by atoms with Gasteiger partial charge < -0.3 is 11.1 Å². The molecule has 110 valence electrons. The summed E-state index contributed by atoms with van der Waals surface area (Å²) in [6.45, 7) is 0. The first kappa shape index (κ1) is 14.8. The van der Waals surface area contributed by atoms with Crippen LogP contribution < -0.4 is 11.1 Å². The van der Waals surface area contributed by atoms with Crippen molar-refractivity contribution in [2.75, 3.05) is 11.1 Å². The third-order valence-electron chi connectivity index (χ3n) is 2.58. The Hall–Kier alpha value is -2.64. The molecule has 0 unspecified atom stereocenters. The van der Waals surface area contributed by atoms with E-state index in [1.54, 1.807) is 0 Å². The van der Waals surface area contributed by atoms with E-state index in [0.29, 0.717) is 11.8 Å². The second-order valence-corrected chi connectivity index (χ2v) is 4.10. The van der Waals surface area contributed by atoms with E-state index >= 15 is 0 Å². The molecule has 2 aromatic rings. The van der Waals surface area contributed by atoms with Crippen molar-refractivity contribution in [2.24, 2.45) is 0 Å².